The van der Waals surface area contributed by atoms with Gasteiger partial charge in [0, 0.05) is 12.6 Å². The van der Waals surface area contributed by atoms with Crippen molar-refractivity contribution in [2.45, 2.75) is 31.8 Å². The Bertz CT molecular complexity index is 444. The highest BCUT2D eigenvalue weighted by molar-refractivity contribution is 5.89. The summed E-state index contributed by atoms with van der Waals surface area (Å²) in [6.45, 7) is 0. The Labute approximate surface area is 98.4 Å². The Morgan fingerprint density at radius 2 is 2.29 bits per heavy atom. The van der Waals surface area contributed by atoms with E-state index in [1.807, 2.05) is 0 Å². The minimum Gasteiger partial charge on any atom is -0.480 e. The molecule has 5 nitrogen and oxygen atoms in total. The van der Waals surface area contributed by atoms with Gasteiger partial charge in [0.1, 0.15) is 0 Å². The van der Waals surface area contributed by atoms with Crippen LogP contribution in [0.4, 0.5) is 0 Å². The summed E-state index contributed by atoms with van der Waals surface area (Å²) in [6.07, 6.45) is 3.83. The summed E-state index contributed by atoms with van der Waals surface area (Å²) >= 11 is 0. The van der Waals surface area contributed by atoms with Gasteiger partial charge in [-0.15, -0.1) is 0 Å². The van der Waals surface area contributed by atoms with Gasteiger partial charge < -0.3 is 9.84 Å². The van der Waals surface area contributed by atoms with E-state index in [-0.39, 0.29) is 17.2 Å². The molecule has 0 aromatic carbocycles. The van der Waals surface area contributed by atoms with Gasteiger partial charge in [-0.2, -0.15) is 0 Å². The van der Waals surface area contributed by atoms with E-state index in [1.165, 1.54) is 12.3 Å². The van der Waals surface area contributed by atoms with Crippen molar-refractivity contribution in [1.29, 1.82) is 0 Å². The lowest BCUT2D eigenvalue weighted by Gasteiger charge is -2.22. The molecule has 0 spiro atoms. The average molecular weight is 235 g/mol. The Hall–Kier alpha value is -1.91. The number of pyridine rings is 1. The predicted molar refractivity (Wildman–Crippen MR) is 59.1 cm³/mol. The van der Waals surface area contributed by atoms with Crippen molar-refractivity contribution in [3.05, 3.63) is 24.0 Å². The van der Waals surface area contributed by atoms with Crippen molar-refractivity contribution < 1.29 is 19.4 Å². The fourth-order valence-corrected chi connectivity index (χ4v) is 1.88. The third-order valence-electron chi connectivity index (χ3n) is 2.74. The van der Waals surface area contributed by atoms with Gasteiger partial charge in [-0.05, 0) is 31.4 Å². The summed E-state index contributed by atoms with van der Waals surface area (Å²) in [7, 11) is 0. The zero-order valence-corrected chi connectivity index (χ0v) is 9.26. The Morgan fingerprint density at radius 1 is 1.47 bits per heavy atom. The van der Waals surface area contributed by atoms with Crippen molar-refractivity contribution in [2.75, 3.05) is 0 Å². The molecule has 0 saturated heterocycles. The summed E-state index contributed by atoms with van der Waals surface area (Å²) < 4.78 is 5.47. The van der Waals surface area contributed by atoms with Gasteiger partial charge in [0.2, 0.25) is 0 Å². The monoisotopic (exact) mass is 235 g/mol. The van der Waals surface area contributed by atoms with Crippen molar-refractivity contribution >= 4 is 11.8 Å². The molecule has 1 aromatic rings. The number of carbonyl (C=O) groups is 2. The SMILES string of the molecule is O=C(O)c1ncccc1OC1CCCCC1=O. The van der Waals surface area contributed by atoms with Gasteiger partial charge in [-0.25, -0.2) is 9.78 Å². The van der Waals surface area contributed by atoms with Crippen LogP contribution >= 0.6 is 0 Å². The second-order valence-corrected chi connectivity index (χ2v) is 3.97. The van der Waals surface area contributed by atoms with E-state index in [2.05, 4.69) is 4.98 Å². The first-order valence-electron chi connectivity index (χ1n) is 5.56. The quantitative estimate of drug-likeness (QED) is 0.862. The van der Waals surface area contributed by atoms with Crippen LogP contribution in [-0.4, -0.2) is 27.9 Å². The summed E-state index contributed by atoms with van der Waals surface area (Å²) in [5, 5.41) is 8.93. The largest absolute Gasteiger partial charge is 0.480 e. The molecule has 0 aliphatic heterocycles. The van der Waals surface area contributed by atoms with Crippen LogP contribution in [-0.2, 0) is 4.79 Å². The van der Waals surface area contributed by atoms with E-state index < -0.39 is 12.1 Å². The third kappa shape index (κ3) is 2.61. The normalized spacial score (nSPS) is 20.0. The van der Waals surface area contributed by atoms with Crippen LogP contribution in [0.5, 0.6) is 5.75 Å². The van der Waals surface area contributed by atoms with Crippen LogP contribution in [0.1, 0.15) is 36.2 Å². The summed E-state index contributed by atoms with van der Waals surface area (Å²) in [4.78, 5) is 26.2. The molecular formula is C12H13NO4. The highest BCUT2D eigenvalue weighted by Crippen LogP contribution is 2.23. The standard InChI is InChI=1S/C12H13NO4/c14-8-4-1-2-5-9(8)17-10-6-3-7-13-11(10)12(15)16/h3,6-7,9H,1-2,4-5H2,(H,15,16). The number of Topliss-reactive ketones (excluding diaryl/α,β-unsaturated/α-hetero) is 1. The zero-order valence-electron chi connectivity index (χ0n) is 9.26. The summed E-state index contributed by atoms with van der Waals surface area (Å²) in [5.74, 6) is -0.944. The Morgan fingerprint density at radius 3 is 3.00 bits per heavy atom. The van der Waals surface area contributed by atoms with E-state index in [1.54, 1.807) is 6.07 Å². The molecule has 5 heteroatoms. The number of carboxylic acids is 1. The molecule has 17 heavy (non-hydrogen) atoms. The number of aromatic carboxylic acids is 1. The molecule has 1 N–H and O–H groups in total. The van der Waals surface area contributed by atoms with Gasteiger partial charge in [0.25, 0.3) is 0 Å². The molecule has 2 rings (SSSR count). The van der Waals surface area contributed by atoms with Crippen molar-refractivity contribution in [3.8, 4) is 5.75 Å². The number of rotatable bonds is 3. The summed E-state index contributed by atoms with van der Waals surface area (Å²) in [6, 6.07) is 3.12. The third-order valence-corrected chi connectivity index (χ3v) is 2.74. The first kappa shape index (κ1) is 11.6. The maximum absolute atomic E-state index is 11.6. The fraction of sp³-hybridized carbons (Fsp3) is 0.417. The van der Waals surface area contributed by atoms with E-state index in [4.69, 9.17) is 9.84 Å². The maximum atomic E-state index is 11.6. The van der Waals surface area contributed by atoms with E-state index >= 15 is 0 Å². The van der Waals surface area contributed by atoms with Crippen LogP contribution in [0.3, 0.4) is 0 Å². The molecule has 1 aromatic heterocycles. The van der Waals surface area contributed by atoms with Crippen LogP contribution in [0.25, 0.3) is 0 Å². The second kappa shape index (κ2) is 4.95. The van der Waals surface area contributed by atoms with Gasteiger partial charge in [-0.3, -0.25) is 4.79 Å². The first-order valence-corrected chi connectivity index (χ1v) is 5.56. The molecule has 0 amide bonds. The molecule has 1 atom stereocenters. The molecule has 90 valence electrons. The van der Waals surface area contributed by atoms with Crippen molar-refractivity contribution in [1.82, 2.24) is 4.98 Å². The van der Waals surface area contributed by atoms with E-state index in [0.29, 0.717) is 12.8 Å². The van der Waals surface area contributed by atoms with Gasteiger partial charge in [0.05, 0.1) is 0 Å². The summed E-state index contributed by atoms with van der Waals surface area (Å²) in [5.41, 5.74) is -0.147. The lowest BCUT2D eigenvalue weighted by Crippen LogP contribution is -2.31. The number of aromatic nitrogens is 1. The number of hydrogen-bond donors (Lipinski definition) is 1. The maximum Gasteiger partial charge on any atom is 0.358 e. The molecule has 1 heterocycles. The second-order valence-electron chi connectivity index (χ2n) is 3.97. The topological polar surface area (TPSA) is 76.5 Å². The average Bonchev–Trinajstić information content (AvgIpc) is 2.32. The Kier molecular flexibility index (Phi) is 3.37. The lowest BCUT2D eigenvalue weighted by molar-refractivity contribution is -0.127. The number of nitrogens with zero attached hydrogens (tertiary/aromatic N) is 1. The minimum absolute atomic E-state index is 0.0384. The van der Waals surface area contributed by atoms with Gasteiger partial charge in [0.15, 0.2) is 23.3 Å². The van der Waals surface area contributed by atoms with Gasteiger partial charge in [-0.1, -0.05) is 0 Å². The molecular weight excluding hydrogens is 222 g/mol. The van der Waals surface area contributed by atoms with Crippen molar-refractivity contribution in [3.63, 3.8) is 0 Å². The van der Waals surface area contributed by atoms with Crippen LogP contribution < -0.4 is 4.74 Å². The number of carbonyl (C=O) groups excluding carboxylic acids is 1. The van der Waals surface area contributed by atoms with Crippen LogP contribution in [0, 0.1) is 0 Å². The highest BCUT2D eigenvalue weighted by atomic mass is 16.5. The predicted octanol–water partition coefficient (Wildman–Crippen LogP) is 1.67. The highest BCUT2D eigenvalue weighted by Gasteiger charge is 2.25. The number of hydrogen-bond acceptors (Lipinski definition) is 4. The lowest BCUT2D eigenvalue weighted by atomic mass is 9.96. The van der Waals surface area contributed by atoms with E-state index in [9.17, 15) is 9.59 Å². The number of carboxylic acid groups (broad SMARTS) is 1. The van der Waals surface area contributed by atoms with E-state index in [0.717, 1.165) is 12.8 Å². The smallest absolute Gasteiger partial charge is 0.358 e. The Balaban J connectivity index is 2.17. The molecule has 1 saturated carbocycles. The molecule has 1 unspecified atom stereocenters. The molecule has 0 bridgehead atoms. The number of ketones is 1. The fourth-order valence-electron chi connectivity index (χ4n) is 1.88. The zero-order chi connectivity index (χ0) is 12.3. The first-order chi connectivity index (χ1) is 8.18. The van der Waals surface area contributed by atoms with Crippen LogP contribution in [0.2, 0.25) is 0 Å². The number of ether oxygens (including phenoxy) is 1. The van der Waals surface area contributed by atoms with Crippen molar-refractivity contribution in [2.24, 2.45) is 0 Å². The molecule has 1 fully saturated rings. The molecule has 0 radical (unpaired) electrons. The van der Waals surface area contributed by atoms with Gasteiger partial charge >= 0.3 is 5.97 Å². The minimum atomic E-state index is -1.15. The van der Waals surface area contributed by atoms with Crippen LogP contribution in [0.15, 0.2) is 18.3 Å². The molecule has 1 aliphatic carbocycles. The molecule has 1 aliphatic rings.